The van der Waals surface area contributed by atoms with E-state index in [0.29, 0.717) is 0 Å². The fraction of sp³-hybridized carbons (Fsp3) is 0.0741. The zero-order valence-corrected chi connectivity index (χ0v) is 19.8. The molecule has 0 aromatic heterocycles. The van der Waals surface area contributed by atoms with Crippen LogP contribution in [0.4, 0.5) is 4.79 Å². The molecule has 0 saturated heterocycles. The molecule has 2 nitrogen and oxygen atoms in total. The molecule has 0 aliphatic rings. The van der Waals surface area contributed by atoms with Crippen LogP contribution in [0.25, 0.3) is 0 Å². The second kappa shape index (κ2) is 8.78. The van der Waals surface area contributed by atoms with Crippen LogP contribution in [0.1, 0.15) is 11.1 Å². The predicted molar refractivity (Wildman–Crippen MR) is 136 cm³/mol. The van der Waals surface area contributed by atoms with Crippen LogP contribution < -0.4 is 15.9 Å². The van der Waals surface area contributed by atoms with Crippen molar-refractivity contribution in [1.29, 1.82) is 0 Å². The van der Waals surface area contributed by atoms with Gasteiger partial charge in [0, 0.05) is 0 Å². The van der Waals surface area contributed by atoms with Gasteiger partial charge in [0.15, 0.2) is 0 Å². The summed E-state index contributed by atoms with van der Waals surface area (Å²) >= 11 is 4.16. The van der Waals surface area contributed by atoms with E-state index < -0.39 is 5.31 Å². The molecule has 0 heterocycles. The van der Waals surface area contributed by atoms with Crippen LogP contribution in [0.15, 0.2) is 115 Å². The van der Waals surface area contributed by atoms with Gasteiger partial charge in [-0.2, -0.15) is 0 Å². The number of carbonyl (C=O) groups excluding carboxylic acids is 1. The second-order valence-electron chi connectivity index (χ2n) is 7.44. The van der Waals surface area contributed by atoms with E-state index >= 15 is 0 Å². The van der Waals surface area contributed by atoms with E-state index in [-0.39, 0.29) is 5.71 Å². The zero-order chi connectivity index (χ0) is 21.8. The molecule has 0 radical (unpaired) electrons. The van der Waals surface area contributed by atoms with Crippen molar-refractivity contribution in [2.75, 3.05) is 7.11 Å². The van der Waals surface area contributed by atoms with Gasteiger partial charge in [-0.25, -0.2) is 0 Å². The Hall–Kier alpha value is -2.74. The summed E-state index contributed by atoms with van der Waals surface area (Å²) in [5, 5.41) is -0.976. The predicted octanol–water partition coefficient (Wildman–Crippen LogP) is 6.18. The molecule has 0 saturated carbocycles. The van der Waals surface area contributed by atoms with Crippen molar-refractivity contribution in [3.63, 3.8) is 0 Å². The van der Waals surface area contributed by atoms with Crippen LogP contribution in [-0.4, -0.2) is 12.8 Å². The molecule has 156 valence electrons. The monoisotopic (exact) mass is 490 g/mol. The molecule has 0 fully saturated rings. The molecule has 31 heavy (non-hydrogen) atoms. The van der Waals surface area contributed by atoms with E-state index in [1.807, 2.05) is 91.0 Å². The molecule has 0 spiro atoms. The molecular weight excluding hydrogens is 467 g/mol. The Kier molecular flexibility index (Phi) is 6.09. The zero-order valence-electron chi connectivity index (χ0n) is 17.3. The third kappa shape index (κ3) is 3.52. The second-order valence-corrected chi connectivity index (χ2v) is 15.6. The Morgan fingerprint density at radius 3 is 1.68 bits per heavy atom. The van der Waals surface area contributed by atoms with Gasteiger partial charge in [-0.15, -0.1) is 0 Å². The number of ether oxygens (including phenoxy) is 1. The minimum absolute atomic E-state index is 0.260. The molecule has 0 N–H and O–H groups in total. The summed E-state index contributed by atoms with van der Waals surface area (Å²) in [7, 11) is 1.47. The molecular formula is C27H24BrO2P. The molecule has 0 atom stereocenters. The van der Waals surface area contributed by atoms with Crippen LogP contribution in [-0.2, 0) is 11.2 Å². The Morgan fingerprint density at radius 2 is 1.16 bits per heavy atom. The maximum atomic E-state index is 14.0. The fourth-order valence-corrected chi connectivity index (χ4v) is 11.4. The molecule has 0 amide bonds. The summed E-state index contributed by atoms with van der Waals surface area (Å²) < 4.78 is 5.56. The van der Waals surface area contributed by atoms with Crippen molar-refractivity contribution < 1.29 is 9.53 Å². The first-order valence-electron chi connectivity index (χ1n) is 10.1. The standard InChI is InChI=1S/C27H24BrO2P/c1-30-27(29)31(28,24-16-7-3-8-17-24,25-18-9-4-10-19-25)26-20-12-11-15-23(26)21-22-13-5-2-6-14-22/h2-20H,21H2,1H3. The van der Waals surface area contributed by atoms with Gasteiger partial charge in [-0.1, -0.05) is 0 Å². The van der Waals surface area contributed by atoms with Gasteiger partial charge >= 0.3 is 192 Å². The molecule has 0 aliphatic carbocycles. The number of methoxy groups -OCH3 is 1. The normalized spacial score (nSPS) is 12.5. The third-order valence-corrected chi connectivity index (χ3v) is 14.9. The van der Waals surface area contributed by atoms with Crippen LogP contribution in [0.3, 0.4) is 0 Å². The Labute approximate surface area is 191 Å². The maximum absolute atomic E-state index is 14.0. The van der Waals surface area contributed by atoms with E-state index in [9.17, 15) is 4.79 Å². The summed E-state index contributed by atoms with van der Waals surface area (Å²) in [5.41, 5.74) is 2.03. The van der Waals surface area contributed by atoms with Crippen molar-refractivity contribution in [3.8, 4) is 0 Å². The molecule has 0 unspecified atom stereocenters. The number of carbonyl (C=O) groups is 1. The van der Waals surface area contributed by atoms with Crippen LogP contribution in [0.5, 0.6) is 0 Å². The first-order valence-corrected chi connectivity index (χ1v) is 14.4. The molecule has 4 aromatic carbocycles. The van der Waals surface area contributed by atoms with Gasteiger partial charge in [0.1, 0.15) is 0 Å². The average Bonchev–Trinajstić information content (AvgIpc) is 2.85. The van der Waals surface area contributed by atoms with E-state index in [2.05, 4.69) is 39.8 Å². The minimum atomic E-state index is -3.80. The Bertz CT molecular complexity index is 1140. The Morgan fingerprint density at radius 1 is 0.710 bits per heavy atom. The number of benzene rings is 4. The molecule has 4 aromatic rings. The molecule has 4 rings (SSSR count). The van der Waals surface area contributed by atoms with Gasteiger partial charge in [0.25, 0.3) is 0 Å². The average molecular weight is 491 g/mol. The van der Waals surface area contributed by atoms with Crippen LogP contribution in [0.2, 0.25) is 0 Å². The fourth-order valence-electron chi connectivity index (χ4n) is 4.21. The summed E-state index contributed by atoms with van der Waals surface area (Å²) in [4.78, 5) is 14.0. The number of halogens is 1. The topological polar surface area (TPSA) is 26.3 Å². The van der Waals surface area contributed by atoms with Gasteiger partial charge in [-0.3, -0.25) is 0 Å². The van der Waals surface area contributed by atoms with Crippen LogP contribution in [0, 0.1) is 0 Å². The SMILES string of the molecule is COC(=O)P(Br)(c1ccccc1)(c1ccccc1)c1ccccc1Cc1ccccc1. The quantitative estimate of drug-likeness (QED) is 0.301. The summed E-state index contributed by atoms with van der Waals surface area (Å²) in [6.45, 7) is 0. The molecule has 0 aliphatic heterocycles. The number of hydrogen-bond acceptors (Lipinski definition) is 2. The van der Waals surface area contributed by atoms with Crippen LogP contribution >= 0.6 is 20.8 Å². The molecule has 0 bridgehead atoms. The molecule has 4 heteroatoms. The van der Waals surface area contributed by atoms with Gasteiger partial charge in [0.2, 0.25) is 0 Å². The third-order valence-electron chi connectivity index (χ3n) is 5.68. The first-order chi connectivity index (χ1) is 15.1. The van der Waals surface area contributed by atoms with Crippen molar-refractivity contribution >= 4 is 42.4 Å². The van der Waals surface area contributed by atoms with Gasteiger partial charge in [-0.05, 0) is 0 Å². The van der Waals surface area contributed by atoms with E-state index in [4.69, 9.17) is 4.74 Å². The van der Waals surface area contributed by atoms with Crippen molar-refractivity contribution in [3.05, 3.63) is 126 Å². The Balaban J connectivity index is 2.10. The van der Waals surface area contributed by atoms with E-state index in [1.165, 1.54) is 12.7 Å². The van der Waals surface area contributed by atoms with E-state index in [1.54, 1.807) is 0 Å². The first kappa shape index (κ1) is 21.5. The summed E-state index contributed by atoms with van der Waals surface area (Å²) in [6.07, 6.45) is 0.719. The van der Waals surface area contributed by atoms with Crippen molar-refractivity contribution in [2.45, 2.75) is 6.42 Å². The van der Waals surface area contributed by atoms with Gasteiger partial charge < -0.3 is 0 Å². The van der Waals surface area contributed by atoms with Crippen molar-refractivity contribution in [1.82, 2.24) is 0 Å². The number of hydrogen-bond donors (Lipinski definition) is 0. The van der Waals surface area contributed by atoms with E-state index in [0.717, 1.165) is 27.9 Å². The van der Waals surface area contributed by atoms with Gasteiger partial charge in [0.05, 0.1) is 0 Å². The summed E-state index contributed by atoms with van der Waals surface area (Å²) in [5.74, 6) is 0. The number of rotatable bonds is 6. The van der Waals surface area contributed by atoms with Crippen molar-refractivity contribution in [2.24, 2.45) is 0 Å². The summed E-state index contributed by atoms with van der Waals surface area (Å²) in [6, 6.07) is 38.5.